The van der Waals surface area contributed by atoms with Gasteiger partial charge in [0.2, 0.25) is 0 Å². The van der Waals surface area contributed by atoms with Crippen LogP contribution in [0.15, 0.2) is 18.2 Å². The van der Waals surface area contributed by atoms with E-state index < -0.39 is 12.1 Å². The van der Waals surface area contributed by atoms with Crippen LogP contribution in [-0.4, -0.2) is 24.2 Å². The molecule has 0 unspecified atom stereocenters. The van der Waals surface area contributed by atoms with E-state index in [0.717, 1.165) is 12.1 Å². The first-order valence-electron chi connectivity index (χ1n) is 6.71. The fourth-order valence-corrected chi connectivity index (χ4v) is 2.88. The molecule has 1 atom stereocenters. The Morgan fingerprint density at radius 3 is 2.37 bits per heavy atom. The summed E-state index contributed by atoms with van der Waals surface area (Å²) >= 11 is 0. The lowest BCUT2D eigenvalue weighted by atomic mass is 9.97. The van der Waals surface area contributed by atoms with Crippen LogP contribution in [0, 0.1) is 19.8 Å². The molecule has 0 spiro atoms. The third-order valence-electron chi connectivity index (χ3n) is 3.66. The summed E-state index contributed by atoms with van der Waals surface area (Å²) in [6.07, 6.45) is -3.15. The molecule has 19 heavy (non-hydrogen) atoms. The summed E-state index contributed by atoms with van der Waals surface area (Å²) in [4.78, 5) is 1.93. The molecule has 0 bridgehead atoms. The van der Waals surface area contributed by atoms with E-state index in [0.29, 0.717) is 13.0 Å². The van der Waals surface area contributed by atoms with Crippen LogP contribution in [0.4, 0.5) is 13.2 Å². The van der Waals surface area contributed by atoms with Gasteiger partial charge in [0.1, 0.15) is 0 Å². The molecular weight excluding hydrogens is 251 g/mol. The van der Waals surface area contributed by atoms with Gasteiger partial charge in [-0.1, -0.05) is 29.3 Å². The number of hydrogen-bond acceptors (Lipinski definition) is 1. The average molecular weight is 271 g/mol. The van der Waals surface area contributed by atoms with Crippen molar-refractivity contribution in [3.05, 3.63) is 34.9 Å². The second kappa shape index (κ2) is 5.53. The quantitative estimate of drug-likeness (QED) is 0.783. The maximum absolute atomic E-state index is 12.8. The van der Waals surface area contributed by atoms with Crippen molar-refractivity contribution < 1.29 is 13.2 Å². The monoisotopic (exact) mass is 271 g/mol. The van der Waals surface area contributed by atoms with E-state index >= 15 is 0 Å². The van der Waals surface area contributed by atoms with E-state index in [4.69, 9.17) is 0 Å². The number of aryl methyl sites for hydroxylation is 2. The van der Waals surface area contributed by atoms with Crippen LogP contribution in [0.2, 0.25) is 0 Å². The predicted molar refractivity (Wildman–Crippen MR) is 70.0 cm³/mol. The SMILES string of the molecule is Cc1cc(C)cc(CN2CCC[C@@H](C(F)(F)F)C2)c1. The Labute approximate surface area is 112 Å². The van der Waals surface area contributed by atoms with E-state index in [9.17, 15) is 13.2 Å². The highest BCUT2D eigenvalue weighted by molar-refractivity contribution is 5.28. The minimum atomic E-state index is -4.05. The minimum Gasteiger partial charge on any atom is -0.298 e. The molecule has 4 heteroatoms. The second-order valence-electron chi connectivity index (χ2n) is 5.61. The van der Waals surface area contributed by atoms with Crippen molar-refractivity contribution in [2.75, 3.05) is 13.1 Å². The minimum absolute atomic E-state index is 0.135. The van der Waals surface area contributed by atoms with Crippen molar-refractivity contribution in [2.24, 2.45) is 5.92 Å². The van der Waals surface area contributed by atoms with Gasteiger partial charge in [-0.15, -0.1) is 0 Å². The number of benzene rings is 1. The first kappa shape index (κ1) is 14.4. The number of piperidine rings is 1. The highest BCUT2D eigenvalue weighted by Crippen LogP contribution is 2.33. The van der Waals surface area contributed by atoms with Gasteiger partial charge in [0.15, 0.2) is 0 Å². The normalized spacial score (nSPS) is 21.6. The van der Waals surface area contributed by atoms with E-state index in [2.05, 4.69) is 18.2 Å². The van der Waals surface area contributed by atoms with Gasteiger partial charge >= 0.3 is 6.18 Å². The van der Waals surface area contributed by atoms with E-state index in [1.807, 2.05) is 18.7 Å². The lowest BCUT2D eigenvalue weighted by Gasteiger charge is -2.33. The highest BCUT2D eigenvalue weighted by Gasteiger charge is 2.41. The average Bonchev–Trinajstić information content (AvgIpc) is 2.26. The van der Waals surface area contributed by atoms with Gasteiger partial charge in [-0.25, -0.2) is 0 Å². The molecule has 0 aromatic heterocycles. The van der Waals surface area contributed by atoms with Gasteiger partial charge in [-0.3, -0.25) is 4.90 Å². The van der Waals surface area contributed by atoms with E-state index in [-0.39, 0.29) is 13.0 Å². The molecule has 1 fully saturated rings. The van der Waals surface area contributed by atoms with Crippen molar-refractivity contribution in [3.8, 4) is 0 Å². The van der Waals surface area contributed by atoms with Gasteiger partial charge in [0.05, 0.1) is 5.92 Å². The zero-order valence-corrected chi connectivity index (χ0v) is 11.4. The molecule has 1 saturated heterocycles. The molecule has 2 rings (SSSR count). The van der Waals surface area contributed by atoms with Crippen LogP contribution < -0.4 is 0 Å². The Balaban J connectivity index is 2.02. The molecule has 1 aliphatic heterocycles. The van der Waals surface area contributed by atoms with Gasteiger partial charge < -0.3 is 0 Å². The van der Waals surface area contributed by atoms with E-state index in [1.165, 1.54) is 11.1 Å². The van der Waals surface area contributed by atoms with Crippen LogP contribution in [0.3, 0.4) is 0 Å². The van der Waals surface area contributed by atoms with Crippen LogP contribution in [0.1, 0.15) is 29.5 Å². The van der Waals surface area contributed by atoms with Crippen molar-refractivity contribution in [3.63, 3.8) is 0 Å². The fourth-order valence-electron chi connectivity index (χ4n) is 2.88. The molecule has 0 saturated carbocycles. The molecule has 1 nitrogen and oxygen atoms in total. The fraction of sp³-hybridized carbons (Fsp3) is 0.600. The maximum Gasteiger partial charge on any atom is 0.393 e. The predicted octanol–water partition coefficient (Wildman–Crippen LogP) is 4.08. The summed E-state index contributed by atoms with van der Waals surface area (Å²) in [5, 5.41) is 0. The van der Waals surface area contributed by atoms with Crippen LogP contribution >= 0.6 is 0 Å². The number of hydrogen-bond donors (Lipinski definition) is 0. The Bertz CT molecular complexity index is 419. The van der Waals surface area contributed by atoms with Crippen LogP contribution in [0.25, 0.3) is 0 Å². The molecule has 0 amide bonds. The number of alkyl halides is 3. The number of halogens is 3. The summed E-state index contributed by atoms with van der Waals surface area (Å²) in [6.45, 7) is 5.56. The van der Waals surface area contributed by atoms with Crippen LogP contribution in [-0.2, 0) is 6.54 Å². The third kappa shape index (κ3) is 3.96. The lowest BCUT2D eigenvalue weighted by Crippen LogP contribution is -2.41. The Morgan fingerprint density at radius 2 is 1.79 bits per heavy atom. The highest BCUT2D eigenvalue weighted by atomic mass is 19.4. The maximum atomic E-state index is 12.8. The summed E-state index contributed by atoms with van der Waals surface area (Å²) in [5.41, 5.74) is 3.44. The van der Waals surface area contributed by atoms with Crippen molar-refractivity contribution in [2.45, 2.75) is 39.4 Å². The lowest BCUT2D eigenvalue weighted by molar-refractivity contribution is -0.187. The standard InChI is InChI=1S/C15H20F3N/c1-11-6-12(2)8-13(7-11)9-19-5-3-4-14(10-19)15(16,17)18/h6-8,14H,3-5,9-10H2,1-2H3/t14-/m1/s1. The number of likely N-dealkylation sites (tertiary alicyclic amines) is 1. The molecule has 106 valence electrons. The van der Waals surface area contributed by atoms with Crippen LogP contribution in [0.5, 0.6) is 0 Å². The molecule has 1 aliphatic rings. The van der Waals surface area contributed by atoms with Gasteiger partial charge in [0.25, 0.3) is 0 Å². The van der Waals surface area contributed by atoms with Gasteiger partial charge in [-0.05, 0) is 38.8 Å². The Morgan fingerprint density at radius 1 is 1.16 bits per heavy atom. The smallest absolute Gasteiger partial charge is 0.298 e. The van der Waals surface area contributed by atoms with Crippen molar-refractivity contribution in [1.82, 2.24) is 4.90 Å². The molecule has 1 heterocycles. The zero-order valence-electron chi connectivity index (χ0n) is 11.4. The van der Waals surface area contributed by atoms with Gasteiger partial charge in [0, 0.05) is 13.1 Å². The topological polar surface area (TPSA) is 3.24 Å². The largest absolute Gasteiger partial charge is 0.393 e. The third-order valence-corrected chi connectivity index (χ3v) is 3.66. The van der Waals surface area contributed by atoms with Crippen molar-refractivity contribution >= 4 is 0 Å². The first-order chi connectivity index (χ1) is 8.84. The van der Waals surface area contributed by atoms with E-state index in [1.54, 1.807) is 0 Å². The second-order valence-corrected chi connectivity index (χ2v) is 5.61. The van der Waals surface area contributed by atoms with Crippen molar-refractivity contribution in [1.29, 1.82) is 0 Å². The first-order valence-corrected chi connectivity index (χ1v) is 6.71. The summed E-state index contributed by atoms with van der Waals surface area (Å²) in [6, 6.07) is 6.20. The zero-order chi connectivity index (χ0) is 14.0. The number of rotatable bonds is 2. The molecule has 0 aliphatic carbocycles. The summed E-state index contributed by atoms with van der Waals surface area (Å²) in [5.74, 6) is -1.16. The molecular formula is C15H20F3N. The van der Waals surface area contributed by atoms with Gasteiger partial charge in [-0.2, -0.15) is 13.2 Å². The summed E-state index contributed by atoms with van der Waals surface area (Å²) in [7, 11) is 0. The Hall–Kier alpha value is -1.03. The summed E-state index contributed by atoms with van der Waals surface area (Å²) < 4.78 is 38.3. The number of nitrogens with zero attached hydrogens (tertiary/aromatic N) is 1. The molecule has 0 N–H and O–H groups in total. The molecule has 1 aromatic carbocycles. The molecule has 0 radical (unpaired) electrons. The Kier molecular flexibility index (Phi) is 4.19. The molecule has 1 aromatic rings.